The molecule has 2 heteroatoms. The average molecular weight is 261 g/mol. The quantitative estimate of drug-likeness (QED) is 0.863. The van der Waals surface area contributed by atoms with E-state index in [4.69, 9.17) is 0 Å². The van der Waals surface area contributed by atoms with Gasteiger partial charge in [-0.1, -0.05) is 39.0 Å². The van der Waals surface area contributed by atoms with Crippen LogP contribution in [0, 0.1) is 5.92 Å². The fourth-order valence-electron chi connectivity index (χ4n) is 2.89. The van der Waals surface area contributed by atoms with Crippen LogP contribution in [0.15, 0.2) is 24.3 Å². The van der Waals surface area contributed by atoms with E-state index in [0.717, 1.165) is 32.2 Å². The Bertz CT molecular complexity index is 400. The van der Waals surface area contributed by atoms with Gasteiger partial charge < -0.3 is 10.4 Å². The van der Waals surface area contributed by atoms with Gasteiger partial charge in [-0.15, -0.1) is 0 Å². The Balaban J connectivity index is 1.96. The molecular weight excluding hydrogens is 234 g/mol. The van der Waals surface area contributed by atoms with Gasteiger partial charge in [0, 0.05) is 12.2 Å². The van der Waals surface area contributed by atoms with E-state index in [0.29, 0.717) is 5.92 Å². The van der Waals surface area contributed by atoms with Gasteiger partial charge in [-0.3, -0.25) is 0 Å². The lowest BCUT2D eigenvalue weighted by Crippen LogP contribution is -2.24. The fraction of sp³-hybridized carbons (Fsp3) is 0.647. The number of benzene rings is 1. The molecule has 0 aromatic heterocycles. The minimum Gasteiger partial charge on any atom is -0.393 e. The molecule has 0 radical (unpaired) electrons. The van der Waals surface area contributed by atoms with Gasteiger partial charge in [0.15, 0.2) is 0 Å². The summed E-state index contributed by atoms with van der Waals surface area (Å²) in [6, 6.07) is 8.61. The van der Waals surface area contributed by atoms with Crippen molar-refractivity contribution in [2.75, 3.05) is 11.9 Å². The highest BCUT2D eigenvalue weighted by atomic mass is 16.3. The van der Waals surface area contributed by atoms with Crippen molar-refractivity contribution in [3.05, 3.63) is 29.8 Å². The minimum atomic E-state index is -0.0573. The van der Waals surface area contributed by atoms with Gasteiger partial charge in [0.05, 0.1) is 6.10 Å². The molecule has 2 N–H and O–H groups in total. The number of para-hydroxylation sites is 1. The summed E-state index contributed by atoms with van der Waals surface area (Å²) < 4.78 is 0. The second kappa shape index (κ2) is 5.96. The summed E-state index contributed by atoms with van der Waals surface area (Å²) in [6.45, 7) is 7.79. The molecule has 1 aromatic rings. The first-order chi connectivity index (χ1) is 8.97. The summed E-state index contributed by atoms with van der Waals surface area (Å²) in [6.07, 6.45) is 4.16. The van der Waals surface area contributed by atoms with Gasteiger partial charge in [-0.2, -0.15) is 0 Å². The molecular formula is C17H27NO. The maximum Gasteiger partial charge on any atom is 0.0540 e. The zero-order chi connectivity index (χ0) is 13.9. The Labute approximate surface area is 117 Å². The van der Waals surface area contributed by atoms with Gasteiger partial charge >= 0.3 is 0 Å². The van der Waals surface area contributed by atoms with Gasteiger partial charge in [0.1, 0.15) is 0 Å². The second-order valence-corrected chi connectivity index (χ2v) is 6.85. The number of hydrogen-bond acceptors (Lipinski definition) is 2. The molecule has 0 unspecified atom stereocenters. The van der Waals surface area contributed by atoms with Crippen molar-refractivity contribution in [2.24, 2.45) is 5.92 Å². The molecule has 1 fully saturated rings. The smallest absolute Gasteiger partial charge is 0.0540 e. The van der Waals surface area contributed by atoms with Crippen molar-refractivity contribution in [1.29, 1.82) is 0 Å². The van der Waals surface area contributed by atoms with Crippen molar-refractivity contribution in [1.82, 2.24) is 0 Å². The lowest BCUT2D eigenvalue weighted by molar-refractivity contribution is 0.111. The van der Waals surface area contributed by atoms with Crippen LogP contribution in [0.25, 0.3) is 0 Å². The van der Waals surface area contributed by atoms with Crippen LogP contribution in [0.4, 0.5) is 5.69 Å². The predicted octanol–water partition coefficient (Wildman–Crippen LogP) is 3.95. The number of anilines is 1. The highest BCUT2D eigenvalue weighted by Gasteiger charge is 2.21. The molecule has 106 valence electrons. The zero-order valence-corrected chi connectivity index (χ0v) is 12.4. The first-order valence-corrected chi connectivity index (χ1v) is 7.48. The van der Waals surface area contributed by atoms with E-state index in [2.05, 4.69) is 50.4 Å². The standard InChI is InChI=1S/C17H27NO/c1-17(2,3)15-6-4-5-7-16(15)18-12-13-8-10-14(19)11-9-13/h4-7,13-14,18-19H,8-12H2,1-3H3. The number of aliphatic hydroxyl groups is 1. The highest BCUT2D eigenvalue weighted by Crippen LogP contribution is 2.30. The number of hydrogen-bond donors (Lipinski definition) is 2. The third-order valence-corrected chi connectivity index (χ3v) is 4.13. The Hall–Kier alpha value is -1.02. The van der Waals surface area contributed by atoms with Crippen molar-refractivity contribution in [3.8, 4) is 0 Å². The SMILES string of the molecule is CC(C)(C)c1ccccc1NCC1CCC(O)CC1. The largest absolute Gasteiger partial charge is 0.393 e. The van der Waals surface area contributed by atoms with Crippen molar-refractivity contribution in [3.63, 3.8) is 0 Å². The first kappa shape index (κ1) is 14.4. The molecule has 1 aliphatic rings. The van der Waals surface area contributed by atoms with Crippen LogP contribution < -0.4 is 5.32 Å². The van der Waals surface area contributed by atoms with E-state index >= 15 is 0 Å². The highest BCUT2D eigenvalue weighted by molar-refractivity contribution is 5.54. The van der Waals surface area contributed by atoms with Crippen molar-refractivity contribution < 1.29 is 5.11 Å². The van der Waals surface area contributed by atoms with E-state index in [-0.39, 0.29) is 11.5 Å². The van der Waals surface area contributed by atoms with Crippen LogP contribution in [0.5, 0.6) is 0 Å². The van der Waals surface area contributed by atoms with Gasteiger partial charge in [-0.05, 0) is 48.6 Å². The molecule has 0 heterocycles. The number of nitrogens with one attached hydrogen (secondary N) is 1. The Kier molecular flexibility index (Phi) is 4.51. The summed E-state index contributed by atoms with van der Waals surface area (Å²) in [5, 5.41) is 13.2. The third kappa shape index (κ3) is 3.97. The van der Waals surface area contributed by atoms with Crippen molar-refractivity contribution >= 4 is 5.69 Å². The molecule has 0 saturated heterocycles. The summed E-state index contributed by atoms with van der Waals surface area (Å²) >= 11 is 0. The van der Waals surface area contributed by atoms with Crippen LogP contribution in [0.1, 0.15) is 52.0 Å². The van der Waals surface area contributed by atoms with E-state index in [1.54, 1.807) is 0 Å². The zero-order valence-electron chi connectivity index (χ0n) is 12.4. The molecule has 0 spiro atoms. The Morgan fingerprint density at radius 2 is 1.74 bits per heavy atom. The van der Waals surface area contributed by atoms with E-state index < -0.39 is 0 Å². The molecule has 0 aliphatic heterocycles. The Morgan fingerprint density at radius 3 is 2.37 bits per heavy atom. The molecule has 0 amide bonds. The lowest BCUT2D eigenvalue weighted by Gasteiger charge is -2.28. The fourth-order valence-corrected chi connectivity index (χ4v) is 2.89. The Morgan fingerprint density at radius 1 is 1.11 bits per heavy atom. The lowest BCUT2D eigenvalue weighted by atomic mass is 9.85. The van der Waals surface area contributed by atoms with Crippen LogP contribution >= 0.6 is 0 Å². The topological polar surface area (TPSA) is 32.3 Å². The van der Waals surface area contributed by atoms with Gasteiger partial charge in [0.25, 0.3) is 0 Å². The van der Waals surface area contributed by atoms with E-state index in [1.165, 1.54) is 11.3 Å². The average Bonchev–Trinajstić information content (AvgIpc) is 2.37. The van der Waals surface area contributed by atoms with Crippen LogP contribution in [0.3, 0.4) is 0 Å². The summed E-state index contributed by atoms with van der Waals surface area (Å²) in [7, 11) is 0. The molecule has 1 saturated carbocycles. The van der Waals surface area contributed by atoms with Crippen molar-refractivity contribution in [2.45, 2.75) is 58.0 Å². The second-order valence-electron chi connectivity index (χ2n) is 6.85. The third-order valence-electron chi connectivity index (χ3n) is 4.13. The summed E-state index contributed by atoms with van der Waals surface area (Å²) in [4.78, 5) is 0. The molecule has 2 nitrogen and oxygen atoms in total. The molecule has 19 heavy (non-hydrogen) atoms. The van der Waals surface area contributed by atoms with Crippen LogP contribution in [0.2, 0.25) is 0 Å². The normalized spacial score (nSPS) is 24.2. The molecule has 2 rings (SSSR count). The molecule has 1 aromatic carbocycles. The monoisotopic (exact) mass is 261 g/mol. The van der Waals surface area contributed by atoms with Crippen LogP contribution in [-0.4, -0.2) is 17.8 Å². The predicted molar refractivity (Wildman–Crippen MR) is 81.6 cm³/mol. The van der Waals surface area contributed by atoms with E-state index in [9.17, 15) is 5.11 Å². The minimum absolute atomic E-state index is 0.0573. The molecule has 0 atom stereocenters. The summed E-state index contributed by atoms with van der Waals surface area (Å²) in [5.74, 6) is 0.705. The van der Waals surface area contributed by atoms with Gasteiger partial charge in [0.2, 0.25) is 0 Å². The molecule has 0 bridgehead atoms. The van der Waals surface area contributed by atoms with E-state index in [1.807, 2.05) is 0 Å². The number of rotatable bonds is 3. The maximum absolute atomic E-state index is 9.54. The van der Waals surface area contributed by atoms with Crippen LogP contribution in [-0.2, 0) is 5.41 Å². The first-order valence-electron chi connectivity index (χ1n) is 7.48. The summed E-state index contributed by atoms with van der Waals surface area (Å²) in [5.41, 5.74) is 2.82. The maximum atomic E-state index is 9.54. The van der Waals surface area contributed by atoms with Gasteiger partial charge in [-0.25, -0.2) is 0 Å². The molecule has 1 aliphatic carbocycles. The number of aliphatic hydroxyl groups excluding tert-OH is 1.